The lowest BCUT2D eigenvalue weighted by Crippen LogP contribution is -2.03. The molecule has 2 rings (SSSR count). The van der Waals surface area contributed by atoms with Crippen LogP contribution in [0.3, 0.4) is 0 Å². The van der Waals surface area contributed by atoms with Crippen LogP contribution in [0.15, 0.2) is 54.6 Å². The van der Waals surface area contributed by atoms with Gasteiger partial charge >= 0.3 is 5.97 Å². The van der Waals surface area contributed by atoms with E-state index < -0.39 is 5.97 Å². The Labute approximate surface area is 212 Å². The third kappa shape index (κ3) is 13.7. The maximum Gasteiger partial charge on any atom is 0.336 e. The monoisotopic (exact) mass is 480 g/mol. The van der Waals surface area contributed by atoms with E-state index in [-0.39, 0.29) is 0 Å². The number of hydrogen-bond acceptors (Lipinski definition) is 4. The molecule has 0 aliphatic rings. The zero-order valence-corrected chi connectivity index (χ0v) is 21.8. The molecule has 0 saturated carbocycles. The Morgan fingerprint density at radius 2 is 1.03 bits per heavy atom. The molecule has 4 heteroatoms. The average molecular weight is 481 g/mol. The SMILES string of the molecule is CCCCCCCCCCCOc1ccc(C=CC(=O)Oc2ccc(OCCCCC)cc2)cc1. The van der Waals surface area contributed by atoms with Crippen LogP contribution < -0.4 is 14.2 Å². The van der Waals surface area contributed by atoms with Crippen molar-refractivity contribution in [3.8, 4) is 17.2 Å². The highest BCUT2D eigenvalue weighted by Crippen LogP contribution is 2.19. The van der Waals surface area contributed by atoms with Gasteiger partial charge in [-0.05, 0) is 60.9 Å². The fourth-order valence-corrected chi connectivity index (χ4v) is 3.74. The van der Waals surface area contributed by atoms with Gasteiger partial charge in [0.05, 0.1) is 13.2 Å². The van der Waals surface area contributed by atoms with Gasteiger partial charge in [0.25, 0.3) is 0 Å². The molecule has 0 radical (unpaired) electrons. The molecular formula is C31H44O4. The molecule has 2 aromatic carbocycles. The predicted molar refractivity (Wildman–Crippen MR) is 145 cm³/mol. The fraction of sp³-hybridized carbons (Fsp3) is 0.516. The van der Waals surface area contributed by atoms with Gasteiger partial charge in [0.1, 0.15) is 17.2 Å². The number of hydrogen-bond donors (Lipinski definition) is 0. The van der Waals surface area contributed by atoms with Crippen molar-refractivity contribution in [3.63, 3.8) is 0 Å². The van der Waals surface area contributed by atoms with E-state index >= 15 is 0 Å². The van der Waals surface area contributed by atoms with E-state index in [1.165, 1.54) is 63.9 Å². The second-order valence-electron chi connectivity index (χ2n) is 9.03. The van der Waals surface area contributed by atoms with Crippen molar-refractivity contribution in [2.24, 2.45) is 0 Å². The fourth-order valence-electron chi connectivity index (χ4n) is 3.74. The second-order valence-corrected chi connectivity index (χ2v) is 9.03. The molecule has 0 amide bonds. The van der Waals surface area contributed by atoms with Crippen LogP contribution in [0.25, 0.3) is 6.08 Å². The molecule has 192 valence electrons. The first-order valence-electron chi connectivity index (χ1n) is 13.6. The molecule has 4 nitrogen and oxygen atoms in total. The third-order valence-electron chi connectivity index (χ3n) is 5.87. The molecule has 0 aromatic heterocycles. The van der Waals surface area contributed by atoms with Crippen LogP contribution in [0.1, 0.15) is 96.5 Å². The molecule has 0 N–H and O–H groups in total. The van der Waals surface area contributed by atoms with Crippen molar-refractivity contribution in [2.45, 2.75) is 90.9 Å². The van der Waals surface area contributed by atoms with Gasteiger partial charge in [-0.25, -0.2) is 4.79 Å². The quantitative estimate of drug-likeness (QED) is 0.0872. The molecular weight excluding hydrogens is 436 g/mol. The van der Waals surface area contributed by atoms with Gasteiger partial charge in [-0.2, -0.15) is 0 Å². The number of benzene rings is 2. The summed E-state index contributed by atoms with van der Waals surface area (Å²) in [5, 5.41) is 0. The zero-order valence-electron chi connectivity index (χ0n) is 21.8. The number of esters is 1. The summed E-state index contributed by atoms with van der Waals surface area (Å²) in [7, 11) is 0. The Hall–Kier alpha value is -2.75. The minimum absolute atomic E-state index is 0.410. The minimum Gasteiger partial charge on any atom is -0.494 e. The van der Waals surface area contributed by atoms with Crippen molar-refractivity contribution in [2.75, 3.05) is 13.2 Å². The lowest BCUT2D eigenvalue weighted by molar-refractivity contribution is -0.128. The molecule has 0 unspecified atom stereocenters. The summed E-state index contributed by atoms with van der Waals surface area (Å²) >= 11 is 0. The van der Waals surface area contributed by atoms with E-state index in [1.54, 1.807) is 18.2 Å². The standard InChI is InChI=1S/C31H44O4/c1-3-5-7-8-9-10-11-12-14-26-34-28-18-15-27(16-19-28)17-24-31(32)35-30-22-20-29(21-23-30)33-25-13-6-4-2/h15-24H,3-14,25-26H2,1-2H3. The molecule has 0 aliphatic carbocycles. The van der Waals surface area contributed by atoms with E-state index in [1.807, 2.05) is 36.4 Å². The van der Waals surface area contributed by atoms with Crippen LogP contribution in [0, 0.1) is 0 Å². The summed E-state index contributed by atoms with van der Waals surface area (Å²) in [5.41, 5.74) is 0.924. The molecule has 0 bridgehead atoms. The maximum absolute atomic E-state index is 12.1. The summed E-state index contributed by atoms with van der Waals surface area (Å²) in [6.45, 7) is 5.88. The Balaban J connectivity index is 1.60. The van der Waals surface area contributed by atoms with Crippen molar-refractivity contribution in [1.29, 1.82) is 0 Å². The van der Waals surface area contributed by atoms with Crippen LogP contribution in [0.4, 0.5) is 0 Å². The van der Waals surface area contributed by atoms with Gasteiger partial charge in [0.2, 0.25) is 0 Å². The van der Waals surface area contributed by atoms with E-state index in [0.717, 1.165) is 42.9 Å². The van der Waals surface area contributed by atoms with E-state index in [9.17, 15) is 4.79 Å². The number of carbonyl (C=O) groups excluding carboxylic acids is 1. The summed E-state index contributed by atoms with van der Waals surface area (Å²) in [6, 6.07) is 14.9. The average Bonchev–Trinajstić information content (AvgIpc) is 2.88. The summed E-state index contributed by atoms with van der Waals surface area (Å²) in [4.78, 5) is 12.1. The largest absolute Gasteiger partial charge is 0.494 e. The van der Waals surface area contributed by atoms with Crippen molar-refractivity contribution in [1.82, 2.24) is 0 Å². The molecule has 35 heavy (non-hydrogen) atoms. The summed E-state index contributed by atoms with van der Waals surface area (Å²) in [6.07, 6.45) is 18.3. The topological polar surface area (TPSA) is 44.8 Å². The second kappa shape index (κ2) is 18.6. The van der Waals surface area contributed by atoms with Crippen molar-refractivity contribution >= 4 is 12.0 Å². The molecule has 2 aromatic rings. The molecule has 0 aliphatic heterocycles. The summed E-state index contributed by atoms with van der Waals surface area (Å²) < 4.78 is 16.9. The molecule has 0 fully saturated rings. The first-order chi connectivity index (χ1) is 17.2. The Morgan fingerprint density at radius 3 is 1.60 bits per heavy atom. The van der Waals surface area contributed by atoms with Gasteiger partial charge < -0.3 is 14.2 Å². The Kier molecular flexibility index (Phi) is 15.1. The highest BCUT2D eigenvalue weighted by atomic mass is 16.5. The smallest absolute Gasteiger partial charge is 0.336 e. The van der Waals surface area contributed by atoms with E-state index in [2.05, 4.69) is 13.8 Å². The predicted octanol–water partition coefficient (Wildman–Crippen LogP) is 8.78. The number of carbonyl (C=O) groups is 1. The van der Waals surface area contributed by atoms with Crippen LogP contribution in [0.5, 0.6) is 17.2 Å². The van der Waals surface area contributed by atoms with Gasteiger partial charge in [0.15, 0.2) is 0 Å². The minimum atomic E-state index is -0.410. The van der Waals surface area contributed by atoms with Crippen LogP contribution in [-0.2, 0) is 4.79 Å². The van der Waals surface area contributed by atoms with Gasteiger partial charge in [-0.3, -0.25) is 0 Å². The van der Waals surface area contributed by atoms with Gasteiger partial charge in [-0.15, -0.1) is 0 Å². The maximum atomic E-state index is 12.1. The highest BCUT2D eigenvalue weighted by molar-refractivity contribution is 5.88. The molecule has 0 atom stereocenters. The first-order valence-corrected chi connectivity index (χ1v) is 13.6. The normalized spacial score (nSPS) is 11.0. The molecule has 0 heterocycles. The first kappa shape index (κ1) is 28.5. The van der Waals surface area contributed by atoms with Crippen LogP contribution in [0.2, 0.25) is 0 Å². The Morgan fingerprint density at radius 1 is 0.600 bits per heavy atom. The molecule has 0 saturated heterocycles. The van der Waals surface area contributed by atoms with E-state index in [4.69, 9.17) is 14.2 Å². The van der Waals surface area contributed by atoms with Crippen molar-refractivity contribution < 1.29 is 19.0 Å². The third-order valence-corrected chi connectivity index (χ3v) is 5.87. The lowest BCUT2D eigenvalue weighted by Gasteiger charge is -2.07. The van der Waals surface area contributed by atoms with Crippen LogP contribution >= 0.6 is 0 Å². The van der Waals surface area contributed by atoms with E-state index in [0.29, 0.717) is 12.4 Å². The molecule has 0 spiro atoms. The Bertz CT molecular complexity index is 824. The number of ether oxygens (including phenoxy) is 3. The van der Waals surface area contributed by atoms with Crippen molar-refractivity contribution in [3.05, 3.63) is 60.2 Å². The number of rotatable bonds is 19. The number of unbranched alkanes of at least 4 members (excludes halogenated alkanes) is 10. The highest BCUT2D eigenvalue weighted by Gasteiger charge is 2.02. The lowest BCUT2D eigenvalue weighted by atomic mass is 10.1. The zero-order chi connectivity index (χ0) is 25.0. The van der Waals surface area contributed by atoms with Gasteiger partial charge in [-0.1, -0.05) is 90.2 Å². The summed E-state index contributed by atoms with van der Waals surface area (Å²) in [5.74, 6) is 1.74. The van der Waals surface area contributed by atoms with Crippen LogP contribution in [-0.4, -0.2) is 19.2 Å². The van der Waals surface area contributed by atoms with Gasteiger partial charge in [0, 0.05) is 6.08 Å².